The number of aryl methyl sites for hydroxylation is 2. The molecule has 1 aliphatic rings. The van der Waals surface area contributed by atoms with Crippen molar-refractivity contribution in [1.29, 1.82) is 0 Å². The zero-order valence-corrected chi connectivity index (χ0v) is 27.5. The zero-order valence-electron chi connectivity index (χ0n) is 27.5. The van der Waals surface area contributed by atoms with Crippen LogP contribution in [-0.4, -0.2) is 20.3 Å². The van der Waals surface area contributed by atoms with Crippen LogP contribution in [0.15, 0.2) is 82.8 Å². The average molecular weight is 598 g/mol. The Morgan fingerprint density at radius 3 is 1.66 bits per heavy atom. The van der Waals surface area contributed by atoms with E-state index in [1.165, 1.54) is 25.7 Å². The molecule has 236 valence electrons. The van der Waals surface area contributed by atoms with Crippen molar-refractivity contribution >= 4 is 5.70 Å². The summed E-state index contributed by atoms with van der Waals surface area (Å²) in [6.07, 6.45) is 10.7. The van der Waals surface area contributed by atoms with Gasteiger partial charge in [0.2, 0.25) is 0 Å². The summed E-state index contributed by atoms with van der Waals surface area (Å²) in [5.41, 5.74) is 7.88. The molecule has 0 radical (unpaired) electrons. The van der Waals surface area contributed by atoms with Gasteiger partial charge in [-0.3, -0.25) is 5.43 Å². The first-order valence-electron chi connectivity index (χ1n) is 16.7. The van der Waals surface area contributed by atoms with E-state index in [4.69, 9.17) is 19.3 Å². The van der Waals surface area contributed by atoms with Crippen molar-refractivity contribution in [3.05, 3.63) is 100 Å². The molecule has 1 heterocycles. The van der Waals surface area contributed by atoms with Gasteiger partial charge in [0, 0.05) is 16.7 Å². The third-order valence-corrected chi connectivity index (χ3v) is 8.41. The van der Waals surface area contributed by atoms with Crippen LogP contribution in [0.2, 0.25) is 0 Å². The fraction of sp³-hybridized carbons (Fsp3) is 0.474. The van der Waals surface area contributed by atoms with Crippen LogP contribution in [0.25, 0.3) is 5.70 Å². The molecule has 3 aromatic rings. The van der Waals surface area contributed by atoms with E-state index in [1.54, 1.807) is 7.11 Å². The van der Waals surface area contributed by atoms with E-state index >= 15 is 0 Å². The standard InChI is InChI=1S/C38H51N3O3/c1-6-10-12-17-27-43-35-29(8-3)23-19-25-32(35)38(37(42-5)34(39-41-40-38)31-21-15-14-16-22-31)33-26-20-24-30(9-4)36(33)44-28-18-13-11-7-2/h14-16,19-26H,6-13,17-18,27-28H2,1-5H3,(H,39,40). The minimum atomic E-state index is -1.14. The molecule has 1 aliphatic heterocycles. The molecule has 44 heavy (non-hydrogen) atoms. The minimum absolute atomic E-state index is 0.642. The molecule has 0 aromatic heterocycles. The Balaban J connectivity index is 1.98. The van der Waals surface area contributed by atoms with Crippen LogP contribution in [0.5, 0.6) is 11.5 Å². The number of methoxy groups -OCH3 is 1. The summed E-state index contributed by atoms with van der Waals surface area (Å²) in [5.74, 6) is 2.36. The van der Waals surface area contributed by atoms with E-state index in [2.05, 4.69) is 86.9 Å². The Morgan fingerprint density at radius 1 is 0.636 bits per heavy atom. The number of rotatable bonds is 18. The van der Waals surface area contributed by atoms with Gasteiger partial charge in [-0.25, -0.2) is 0 Å². The van der Waals surface area contributed by atoms with E-state index in [0.29, 0.717) is 19.0 Å². The summed E-state index contributed by atoms with van der Waals surface area (Å²) in [7, 11) is 1.72. The lowest BCUT2D eigenvalue weighted by Crippen LogP contribution is -2.36. The molecule has 0 saturated heterocycles. The van der Waals surface area contributed by atoms with Crippen molar-refractivity contribution in [2.24, 2.45) is 10.3 Å². The summed E-state index contributed by atoms with van der Waals surface area (Å²) in [4.78, 5) is 0. The Morgan fingerprint density at radius 2 is 1.18 bits per heavy atom. The molecule has 6 heteroatoms. The first-order chi connectivity index (χ1) is 21.7. The Bertz CT molecular complexity index is 1320. The predicted octanol–water partition coefficient (Wildman–Crippen LogP) is 9.96. The molecule has 4 rings (SSSR count). The maximum absolute atomic E-state index is 6.72. The summed E-state index contributed by atoms with van der Waals surface area (Å²) in [5, 5.41) is 9.69. The van der Waals surface area contributed by atoms with Crippen LogP contribution in [0.1, 0.15) is 107 Å². The van der Waals surface area contributed by atoms with Crippen LogP contribution in [0.3, 0.4) is 0 Å². The van der Waals surface area contributed by atoms with Gasteiger partial charge in [-0.05, 0) is 36.8 Å². The Labute approximate surface area is 264 Å². The largest absolute Gasteiger partial charge is 0.495 e. The van der Waals surface area contributed by atoms with Gasteiger partial charge in [0.15, 0.2) is 11.3 Å². The van der Waals surface area contributed by atoms with Crippen molar-refractivity contribution in [1.82, 2.24) is 5.43 Å². The van der Waals surface area contributed by atoms with E-state index in [1.807, 2.05) is 18.2 Å². The SMILES string of the molecule is CCCCCCOc1c(CC)cccc1C1(c2cccc(CC)c2OCCCCCC)N=NNC(c2ccccc2)=C1OC. The first kappa shape index (κ1) is 33.1. The highest BCUT2D eigenvalue weighted by Crippen LogP contribution is 2.52. The maximum Gasteiger partial charge on any atom is 0.199 e. The number of nitrogens with zero attached hydrogens (tertiary/aromatic N) is 2. The molecule has 3 aromatic carbocycles. The Kier molecular flexibility index (Phi) is 12.7. The van der Waals surface area contributed by atoms with Crippen molar-refractivity contribution in [3.63, 3.8) is 0 Å². The summed E-state index contributed by atoms with van der Waals surface area (Å²) < 4.78 is 19.8. The van der Waals surface area contributed by atoms with Gasteiger partial charge < -0.3 is 14.2 Å². The number of hydrogen-bond donors (Lipinski definition) is 1. The fourth-order valence-electron chi connectivity index (χ4n) is 6.02. The zero-order chi connectivity index (χ0) is 31.2. The molecule has 1 N–H and O–H groups in total. The predicted molar refractivity (Wildman–Crippen MR) is 180 cm³/mol. The van der Waals surface area contributed by atoms with Crippen LogP contribution < -0.4 is 14.9 Å². The van der Waals surface area contributed by atoms with E-state index in [9.17, 15) is 0 Å². The van der Waals surface area contributed by atoms with Gasteiger partial charge in [-0.2, -0.15) is 0 Å². The molecule has 0 saturated carbocycles. The van der Waals surface area contributed by atoms with Crippen molar-refractivity contribution in [3.8, 4) is 11.5 Å². The second kappa shape index (κ2) is 16.9. The third-order valence-electron chi connectivity index (χ3n) is 8.41. The van der Waals surface area contributed by atoms with Gasteiger partial charge in [0.1, 0.15) is 17.2 Å². The topological polar surface area (TPSA) is 64.4 Å². The monoisotopic (exact) mass is 597 g/mol. The van der Waals surface area contributed by atoms with Gasteiger partial charge in [0.25, 0.3) is 0 Å². The highest BCUT2D eigenvalue weighted by molar-refractivity contribution is 5.73. The first-order valence-corrected chi connectivity index (χ1v) is 16.7. The lowest BCUT2D eigenvalue weighted by molar-refractivity contribution is 0.217. The summed E-state index contributed by atoms with van der Waals surface area (Å²) >= 11 is 0. The molecular weight excluding hydrogens is 546 g/mol. The van der Waals surface area contributed by atoms with Gasteiger partial charge >= 0.3 is 0 Å². The number of para-hydroxylation sites is 2. The van der Waals surface area contributed by atoms with E-state index < -0.39 is 5.54 Å². The van der Waals surface area contributed by atoms with E-state index in [-0.39, 0.29) is 0 Å². The highest BCUT2D eigenvalue weighted by atomic mass is 16.5. The molecule has 0 aliphatic carbocycles. The smallest absolute Gasteiger partial charge is 0.199 e. The van der Waals surface area contributed by atoms with Gasteiger partial charge in [0.05, 0.1) is 20.3 Å². The van der Waals surface area contributed by atoms with Crippen LogP contribution in [0.4, 0.5) is 0 Å². The minimum Gasteiger partial charge on any atom is -0.495 e. The summed E-state index contributed by atoms with van der Waals surface area (Å²) in [6, 6.07) is 22.9. The molecule has 0 amide bonds. The van der Waals surface area contributed by atoms with Crippen LogP contribution >= 0.6 is 0 Å². The molecular formula is C38H51N3O3. The number of benzene rings is 3. The molecule has 0 unspecified atom stereocenters. The van der Waals surface area contributed by atoms with E-state index in [0.717, 1.165) is 83.5 Å². The van der Waals surface area contributed by atoms with Gasteiger partial charge in [-0.15, -0.1) is 5.11 Å². The lowest BCUT2D eigenvalue weighted by Gasteiger charge is -2.37. The lowest BCUT2D eigenvalue weighted by atomic mass is 9.77. The van der Waals surface area contributed by atoms with Crippen molar-refractivity contribution in [2.45, 2.75) is 97.4 Å². The second-order valence-electron chi connectivity index (χ2n) is 11.4. The van der Waals surface area contributed by atoms with Crippen LogP contribution in [0, 0.1) is 0 Å². The highest BCUT2D eigenvalue weighted by Gasteiger charge is 2.49. The van der Waals surface area contributed by atoms with Crippen molar-refractivity contribution in [2.75, 3.05) is 20.3 Å². The molecule has 0 fully saturated rings. The maximum atomic E-state index is 6.72. The van der Waals surface area contributed by atoms with Gasteiger partial charge in [-0.1, -0.05) is 138 Å². The van der Waals surface area contributed by atoms with Crippen LogP contribution in [-0.2, 0) is 23.1 Å². The molecule has 0 spiro atoms. The number of hydrogen-bond acceptors (Lipinski definition) is 6. The number of unbranched alkanes of at least 4 members (excludes halogenated alkanes) is 6. The normalized spacial score (nSPS) is 13.9. The van der Waals surface area contributed by atoms with Crippen molar-refractivity contribution < 1.29 is 14.2 Å². The molecule has 0 atom stereocenters. The number of nitrogens with one attached hydrogen (secondary N) is 1. The average Bonchev–Trinajstić information content (AvgIpc) is 3.07. The summed E-state index contributed by atoms with van der Waals surface area (Å²) in [6.45, 7) is 10.1. The molecule has 0 bridgehead atoms. The third kappa shape index (κ3) is 7.28. The quantitative estimate of drug-likeness (QED) is 0.148. The molecule has 6 nitrogen and oxygen atoms in total. The Hall–Kier alpha value is -3.80. The number of ether oxygens (including phenoxy) is 3. The fourth-order valence-corrected chi connectivity index (χ4v) is 6.02. The second-order valence-corrected chi connectivity index (χ2v) is 11.4.